The molecule has 2 heterocycles. The van der Waals surface area contributed by atoms with Gasteiger partial charge in [-0.3, -0.25) is 0 Å². The van der Waals surface area contributed by atoms with E-state index in [1.165, 1.54) is 38.9 Å². The van der Waals surface area contributed by atoms with Gasteiger partial charge in [0.2, 0.25) is 0 Å². The van der Waals surface area contributed by atoms with Crippen LogP contribution in [-0.2, 0) is 4.74 Å². The van der Waals surface area contributed by atoms with E-state index in [4.69, 9.17) is 4.74 Å². The summed E-state index contributed by atoms with van der Waals surface area (Å²) < 4.78 is 6.02. The van der Waals surface area contributed by atoms with Gasteiger partial charge in [0.05, 0.1) is 11.2 Å². The summed E-state index contributed by atoms with van der Waals surface area (Å²) in [5.41, 5.74) is 0.434. The maximum atomic E-state index is 6.02. The monoisotopic (exact) mass is 183 g/mol. The quantitative estimate of drug-likeness (QED) is 0.617. The molecule has 1 spiro atoms. The SMILES string of the molecule is CCN1CCC2(CC1)CC(C)(C)O2. The molecule has 0 radical (unpaired) electrons. The molecule has 0 bridgehead atoms. The average molecular weight is 183 g/mol. The lowest BCUT2D eigenvalue weighted by atomic mass is 9.75. The minimum Gasteiger partial charge on any atom is -0.369 e. The summed E-state index contributed by atoms with van der Waals surface area (Å²) in [6, 6.07) is 0. The summed E-state index contributed by atoms with van der Waals surface area (Å²) >= 11 is 0. The van der Waals surface area contributed by atoms with Gasteiger partial charge in [-0.15, -0.1) is 0 Å². The number of likely N-dealkylation sites (tertiary alicyclic amines) is 1. The van der Waals surface area contributed by atoms with E-state index in [9.17, 15) is 0 Å². The zero-order valence-electron chi connectivity index (χ0n) is 9.10. The highest BCUT2D eigenvalue weighted by atomic mass is 16.5. The molecule has 0 N–H and O–H groups in total. The molecule has 0 aromatic rings. The molecule has 2 aliphatic rings. The van der Waals surface area contributed by atoms with Gasteiger partial charge in [0, 0.05) is 19.5 Å². The van der Waals surface area contributed by atoms with E-state index in [1.807, 2.05) is 0 Å². The highest BCUT2D eigenvalue weighted by Crippen LogP contribution is 2.47. The van der Waals surface area contributed by atoms with Gasteiger partial charge < -0.3 is 9.64 Å². The summed E-state index contributed by atoms with van der Waals surface area (Å²) in [6.07, 6.45) is 3.74. The van der Waals surface area contributed by atoms with Crippen molar-refractivity contribution in [1.82, 2.24) is 4.90 Å². The van der Waals surface area contributed by atoms with Crippen LogP contribution in [0.25, 0.3) is 0 Å². The molecule has 13 heavy (non-hydrogen) atoms. The highest BCUT2D eigenvalue weighted by Gasteiger charge is 2.51. The molecular formula is C11H21NO. The van der Waals surface area contributed by atoms with Crippen molar-refractivity contribution < 1.29 is 4.74 Å². The van der Waals surface area contributed by atoms with Crippen LogP contribution in [0, 0.1) is 0 Å². The van der Waals surface area contributed by atoms with Gasteiger partial charge in [-0.1, -0.05) is 6.92 Å². The lowest BCUT2D eigenvalue weighted by molar-refractivity contribution is -0.271. The van der Waals surface area contributed by atoms with Gasteiger partial charge in [0.1, 0.15) is 0 Å². The lowest BCUT2D eigenvalue weighted by Gasteiger charge is -2.56. The van der Waals surface area contributed by atoms with E-state index in [0.717, 1.165) is 0 Å². The zero-order valence-corrected chi connectivity index (χ0v) is 9.10. The maximum Gasteiger partial charge on any atom is 0.0741 e. The van der Waals surface area contributed by atoms with Crippen molar-refractivity contribution in [3.63, 3.8) is 0 Å². The molecule has 0 aromatic carbocycles. The Morgan fingerprint density at radius 3 is 2.15 bits per heavy atom. The van der Waals surface area contributed by atoms with E-state index >= 15 is 0 Å². The van der Waals surface area contributed by atoms with E-state index in [1.54, 1.807) is 0 Å². The molecule has 76 valence electrons. The average Bonchev–Trinajstić information content (AvgIpc) is 2.02. The molecule has 0 amide bonds. The fraction of sp³-hybridized carbons (Fsp3) is 1.00. The number of hydrogen-bond acceptors (Lipinski definition) is 2. The van der Waals surface area contributed by atoms with Gasteiger partial charge in [0.15, 0.2) is 0 Å². The second-order valence-electron chi connectivity index (χ2n) is 5.16. The second-order valence-corrected chi connectivity index (χ2v) is 5.16. The Morgan fingerprint density at radius 1 is 1.23 bits per heavy atom. The smallest absolute Gasteiger partial charge is 0.0741 e. The Morgan fingerprint density at radius 2 is 1.77 bits per heavy atom. The summed E-state index contributed by atoms with van der Waals surface area (Å²) in [5, 5.41) is 0. The van der Waals surface area contributed by atoms with E-state index in [-0.39, 0.29) is 11.2 Å². The van der Waals surface area contributed by atoms with Crippen molar-refractivity contribution in [3.8, 4) is 0 Å². The Bertz CT molecular complexity index is 182. The van der Waals surface area contributed by atoms with Crippen molar-refractivity contribution in [2.75, 3.05) is 19.6 Å². The van der Waals surface area contributed by atoms with Crippen LogP contribution in [-0.4, -0.2) is 35.7 Å². The number of hydrogen-bond donors (Lipinski definition) is 0. The van der Waals surface area contributed by atoms with Crippen LogP contribution in [0.15, 0.2) is 0 Å². The second kappa shape index (κ2) is 2.96. The molecule has 0 unspecified atom stereocenters. The first-order valence-corrected chi connectivity index (χ1v) is 5.48. The molecule has 0 saturated carbocycles. The molecule has 2 saturated heterocycles. The fourth-order valence-corrected chi connectivity index (χ4v) is 2.91. The molecule has 2 heteroatoms. The number of nitrogens with zero attached hydrogens (tertiary/aromatic N) is 1. The van der Waals surface area contributed by atoms with Crippen molar-refractivity contribution in [3.05, 3.63) is 0 Å². The van der Waals surface area contributed by atoms with Gasteiger partial charge in [-0.25, -0.2) is 0 Å². The highest BCUT2D eigenvalue weighted by molar-refractivity contribution is 5.01. The van der Waals surface area contributed by atoms with E-state index < -0.39 is 0 Å². The Balaban J connectivity index is 1.86. The molecule has 2 rings (SSSR count). The first-order chi connectivity index (χ1) is 6.05. The third-order valence-electron chi connectivity index (χ3n) is 3.46. The van der Waals surface area contributed by atoms with Crippen LogP contribution in [0.3, 0.4) is 0 Å². The molecule has 0 atom stereocenters. The van der Waals surface area contributed by atoms with Gasteiger partial charge in [-0.05, 0) is 33.2 Å². The maximum absolute atomic E-state index is 6.02. The number of piperidine rings is 1. The fourth-order valence-electron chi connectivity index (χ4n) is 2.91. The third-order valence-corrected chi connectivity index (χ3v) is 3.46. The molecule has 0 aliphatic carbocycles. The summed E-state index contributed by atoms with van der Waals surface area (Å²) in [5.74, 6) is 0. The van der Waals surface area contributed by atoms with Crippen molar-refractivity contribution in [2.45, 2.75) is 51.2 Å². The first-order valence-electron chi connectivity index (χ1n) is 5.48. The summed E-state index contributed by atoms with van der Waals surface area (Å²) in [4.78, 5) is 2.51. The largest absolute Gasteiger partial charge is 0.369 e. The number of rotatable bonds is 1. The van der Waals surface area contributed by atoms with Crippen molar-refractivity contribution in [2.24, 2.45) is 0 Å². The van der Waals surface area contributed by atoms with Gasteiger partial charge in [0.25, 0.3) is 0 Å². The van der Waals surface area contributed by atoms with Crippen LogP contribution < -0.4 is 0 Å². The first kappa shape index (κ1) is 9.47. The Kier molecular flexibility index (Phi) is 2.16. The van der Waals surface area contributed by atoms with Crippen LogP contribution in [0.4, 0.5) is 0 Å². The molecule has 2 nitrogen and oxygen atoms in total. The van der Waals surface area contributed by atoms with E-state index in [2.05, 4.69) is 25.7 Å². The minimum atomic E-state index is 0.161. The van der Waals surface area contributed by atoms with Crippen LogP contribution in [0.5, 0.6) is 0 Å². The van der Waals surface area contributed by atoms with Gasteiger partial charge >= 0.3 is 0 Å². The predicted octanol–water partition coefficient (Wildman–Crippen LogP) is 2.04. The number of ether oxygens (including phenoxy) is 1. The lowest BCUT2D eigenvalue weighted by Crippen LogP contribution is -2.60. The van der Waals surface area contributed by atoms with Gasteiger partial charge in [-0.2, -0.15) is 0 Å². The standard InChI is InChI=1S/C11H21NO/c1-4-12-7-5-11(6-8-12)9-10(2,3)13-11/h4-9H2,1-3H3. The summed E-state index contributed by atoms with van der Waals surface area (Å²) in [7, 11) is 0. The molecular weight excluding hydrogens is 162 g/mol. The van der Waals surface area contributed by atoms with Crippen molar-refractivity contribution in [1.29, 1.82) is 0 Å². The molecule has 2 fully saturated rings. The van der Waals surface area contributed by atoms with Crippen molar-refractivity contribution >= 4 is 0 Å². The minimum absolute atomic E-state index is 0.161. The Hall–Kier alpha value is -0.0800. The third kappa shape index (κ3) is 1.75. The summed E-state index contributed by atoms with van der Waals surface area (Å²) in [6.45, 7) is 10.3. The topological polar surface area (TPSA) is 12.5 Å². The Labute approximate surface area is 81.3 Å². The van der Waals surface area contributed by atoms with E-state index in [0.29, 0.717) is 0 Å². The predicted molar refractivity (Wildman–Crippen MR) is 53.9 cm³/mol. The zero-order chi connectivity index (χ0) is 9.53. The van der Waals surface area contributed by atoms with Crippen LogP contribution >= 0.6 is 0 Å². The van der Waals surface area contributed by atoms with Crippen LogP contribution in [0.1, 0.15) is 40.0 Å². The molecule has 2 aliphatic heterocycles. The molecule has 0 aromatic heterocycles. The van der Waals surface area contributed by atoms with Crippen LogP contribution in [0.2, 0.25) is 0 Å². The normalized spacial score (nSPS) is 31.6.